The van der Waals surface area contributed by atoms with Gasteiger partial charge in [-0.3, -0.25) is 9.59 Å². The van der Waals surface area contributed by atoms with Crippen LogP contribution in [0.5, 0.6) is 17.2 Å². The van der Waals surface area contributed by atoms with E-state index in [0.29, 0.717) is 17.1 Å². The monoisotopic (exact) mass is 284 g/mol. The number of methoxy groups -OCH3 is 3. The van der Waals surface area contributed by atoms with Crippen LogP contribution in [-0.4, -0.2) is 43.5 Å². The van der Waals surface area contributed by atoms with Gasteiger partial charge in [0.15, 0.2) is 17.4 Å². The van der Waals surface area contributed by atoms with Crippen LogP contribution >= 0.6 is 0 Å². The number of benzene rings is 1. The molecule has 0 fully saturated rings. The van der Waals surface area contributed by atoms with Gasteiger partial charge >= 0.3 is 11.9 Å². The highest BCUT2D eigenvalue weighted by Gasteiger charge is 2.30. The van der Waals surface area contributed by atoms with Crippen molar-refractivity contribution in [2.75, 3.05) is 21.3 Å². The van der Waals surface area contributed by atoms with Gasteiger partial charge in [0.1, 0.15) is 5.75 Å². The van der Waals surface area contributed by atoms with E-state index >= 15 is 0 Å². The highest BCUT2D eigenvalue weighted by Crippen LogP contribution is 2.38. The van der Waals surface area contributed by atoms with Crippen molar-refractivity contribution in [2.45, 2.75) is 6.42 Å². The second-order valence-electron chi connectivity index (χ2n) is 3.92. The van der Waals surface area contributed by atoms with E-state index in [9.17, 15) is 9.59 Å². The van der Waals surface area contributed by atoms with Crippen LogP contribution in [0.15, 0.2) is 12.1 Å². The molecule has 7 nitrogen and oxygen atoms in total. The summed E-state index contributed by atoms with van der Waals surface area (Å²) in [4.78, 5) is 22.0. The van der Waals surface area contributed by atoms with Gasteiger partial charge in [-0.25, -0.2) is 0 Å². The smallest absolute Gasteiger partial charge is 0.318 e. The molecule has 0 aromatic heterocycles. The number of carboxylic acids is 2. The maximum Gasteiger partial charge on any atom is 0.318 e. The average Bonchev–Trinajstić information content (AvgIpc) is 2.42. The number of hydrogen-bond donors (Lipinski definition) is 2. The second-order valence-corrected chi connectivity index (χ2v) is 3.92. The maximum absolute atomic E-state index is 11.0. The molecule has 0 saturated heterocycles. The molecule has 0 unspecified atom stereocenters. The van der Waals surface area contributed by atoms with Crippen molar-refractivity contribution in [2.24, 2.45) is 5.92 Å². The van der Waals surface area contributed by atoms with Gasteiger partial charge in [-0.05, 0) is 12.1 Å². The number of carbonyl (C=O) groups is 2. The summed E-state index contributed by atoms with van der Waals surface area (Å²) >= 11 is 0. The first-order valence-electron chi connectivity index (χ1n) is 5.69. The number of rotatable bonds is 7. The average molecular weight is 284 g/mol. The number of hydrogen-bond acceptors (Lipinski definition) is 5. The maximum atomic E-state index is 11.0. The van der Waals surface area contributed by atoms with Crippen LogP contribution in [0.3, 0.4) is 0 Å². The predicted octanol–water partition coefficient (Wildman–Crippen LogP) is 1.04. The van der Waals surface area contributed by atoms with Gasteiger partial charge in [0.05, 0.1) is 21.3 Å². The lowest BCUT2D eigenvalue weighted by Gasteiger charge is -2.17. The van der Waals surface area contributed by atoms with Crippen molar-refractivity contribution >= 4 is 11.9 Å². The molecular weight excluding hydrogens is 268 g/mol. The quantitative estimate of drug-likeness (QED) is 0.721. The van der Waals surface area contributed by atoms with E-state index in [1.807, 2.05) is 0 Å². The van der Waals surface area contributed by atoms with E-state index in [-0.39, 0.29) is 12.2 Å². The molecule has 110 valence electrons. The number of aliphatic carboxylic acids is 2. The molecule has 0 heterocycles. The third-order valence-corrected chi connectivity index (χ3v) is 2.83. The van der Waals surface area contributed by atoms with E-state index in [2.05, 4.69) is 0 Å². The Morgan fingerprint density at radius 3 is 1.90 bits per heavy atom. The molecule has 0 spiro atoms. The van der Waals surface area contributed by atoms with Crippen LogP contribution in [-0.2, 0) is 16.0 Å². The minimum Gasteiger partial charge on any atom is -0.496 e. The molecule has 0 bridgehead atoms. The molecule has 20 heavy (non-hydrogen) atoms. The summed E-state index contributed by atoms with van der Waals surface area (Å²) in [6.07, 6.45) is -0.270. The van der Waals surface area contributed by atoms with Gasteiger partial charge in [-0.2, -0.15) is 0 Å². The minimum absolute atomic E-state index is 0.263. The van der Waals surface area contributed by atoms with Crippen LogP contribution in [0.4, 0.5) is 0 Å². The fourth-order valence-electron chi connectivity index (χ4n) is 1.84. The van der Waals surface area contributed by atoms with Crippen molar-refractivity contribution in [1.29, 1.82) is 0 Å². The first-order chi connectivity index (χ1) is 9.46. The van der Waals surface area contributed by atoms with Crippen molar-refractivity contribution in [3.63, 3.8) is 0 Å². The summed E-state index contributed by atoms with van der Waals surface area (Å²) in [5.74, 6) is -3.47. The van der Waals surface area contributed by atoms with Crippen molar-refractivity contribution in [3.8, 4) is 17.2 Å². The van der Waals surface area contributed by atoms with Crippen LogP contribution in [0.2, 0.25) is 0 Å². The van der Waals surface area contributed by atoms with E-state index < -0.39 is 17.9 Å². The molecular formula is C13H16O7. The zero-order valence-corrected chi connectivity index (χ0v) is 11.4. The Kier molecular flexibility index (Phi) is 5.19. The fourth-order valence-corrected chi connectivity index (χ4v) is 1.84. The fraction of sp³-hybridized carbons (Fsp3) is 0.385. The highest BCUT2D eigenvalue weighted by molar-refractivity contribution is 5.93. The lowest BCUT2D eigenvalue weighted by molar-refractivity contribution is -0.154. The molecule has 7 heteroatoms. The Bertz CT molecular complexity index is 496. The Morgan fingerprint density at radius 2 is 1.50 bits per heavy atom. The zero-order chi connectivity index (χ0) is 15.3. The first kappa shape index (κ1) is 15.6. The Balaban J connectivity index is 3.33. The third kappa shape index (κ3) is 3.11. The van der Waals surface area contributed by atoms with Crippen molar-refractivity contribution < 1.29 is 34.0 Å². The SMILES string of the molecule is COc1ccc(OC)c(OC)c1CC(C(=O)O)C(=O)O. The summed E-state index contributed by atoms with van der Waals surface area (Å²) in [7, 11) is 4.22. The molecule has 0 atom stereocenters. The molecule has 1 rings (SSSR count). The molecule has 1 aromatic rings. The molecule has 0 saturated carbocycles. The Hall–Kier alpha value is -2.44. The summed E-state index contributed by atoms with van der Waals surface area (Å²) in [5.41, 5.74) is 0.337. The number of carboxylic acid groups (broad SMARTS) is 2. The molecule has 0 aliphatic heterocycles. The van der Waals surface area contributed by atoms with E-state index in [1.54, 1.807) is 12.1 Å². The van der Waals surface area contributed by atoms with Gasteiger partial charge in [0.2, 0.25) is 0 Å². The largest absolute Gasteiger partial charge is 0.496 e. The molecule has 1 aromatic carbocycles. The van der Waals surface area contributed by atoms with E-state index in [4.69, 9.17) is 24.4 Å². The van der Waals surface area contributed by atoms with Crippen LogP contribution in [0, 0.1) is 5.92 Å². The lowest BCUT2D eigenvalue weighted by Crippen LogP contribution is -2.26. The first-order valence-corrected chi connectivity index (χ1v) is 5.69. The van der Waals surface area contributed by atoms with Gasteiger partial charge in [-0.15, -0.1) is 0 Å². The standard InChI is InChI=1S/C13H16O7/c1-18-9-4-5-10(19-2)11(20-3)7(9)6-8(12(14)15)13(16)17/h4-5,8H,6H2,1-3H3,(H,14,15)(H,16,17). The van der Waals surface area contributed by atoms with Gasteiger partial charge in [0.25, 0.3) is 0 Å². The van der Waals surface area contributed by atoms with Gasteiger partial charge in [0, 0.05) is 12.0 Å². The summed E-state index contributed by atoms with van der Waals surface area (Å²) in [6, 6.07) is 3.16. The summed E-state index contributed by atoms with van der Waals surface area (Å²) < 4.78 is 15.4. The summed E-state index contributed by atoms with van der Waals surface area (Å²) in [5, 5.41) is 17.9. The highest BCUT2D eigenvalue weighted by atomic mass is 16.5. The molecule has 2 N–H and O–H groups in total. The molecule has 0 radical (unpaired) electrons. The van der Waals surface area contributed by atoms with Gasteiger partial charge < -0.3 is 24.4 Å². The van der Waals surface area contributed by atoms with Crippen LogP contribution in [0.1, 0.15) is 5.56 Å². The normalized spacial score (nSPS) is 10.2. The lowest BCUT2D eigenvalue weighted by atomic mass is 9.97. The van der Waals surface area contributed by atoms with Crippen molar-refractivity contribution in [3.05, 3.63) is 17.7 Å². The van der Waals surface area contributed by atoms with Crippen LogP contribution < -0.4 is 14.2 Å². The van der Waals surface area contributed by atoms with Gasteiger partial charge in [-0.1, -0.05) is 0 Å². The van der Waals surface area contributed by atoms with Crippen LogP contribution in [0.25, 0.3) is 0 Å². The zero-order valence-electron chi connectivity index (χ0n) is 11.4. The summed E-state index contributed by atoms with van der Waals surface area (Å²) in [6.45, 7) is 0. The number of ether oxygens (including phenoxy) is 3. The predicted molar refractivity (Wildman–Crippen MR) is 68.6 cm³/mol. The minimum atomic E-state index is -1.59. The van der Waals surface area contributed by atoms with E-state index in [0.717, 1.165) is 0 Å². The Morgan fingerprint density at radius 1 is 1.00 bits per heavy atom. The molecule has 0 aliphatic carbocycles. The Labute approximate surface area is 115 Å². The third-order valence-electron chi connectivity index (χ3n) is 2.83. The van der Waals surface area contributed by atoms with E-state index in [1.165, 1.54) is 21.3 Å². The molecule has 0 aliphatic rings. The van der Waals surface area contributed by atoms with Crippen molar-refractivity contribution in [1.82, 2.24) is 0 Å². The topological polar surface area (TPSA) is 102 Å². The molecule has 0 amide bonds. The second kappa shape index (κ2) is 6.65.